The van der Waals surface area contributed by atoms with E-state index < -0.39 is 5.97 Å². The van der Waals surface area contributed by atoms with Crippen molar-refractivity contribution in [3.63, 3.8) is 0 Å². The molecular weight excluding hydrogens is 388 g/mol. The second-order valence-electron chi connectivity index (χ2n) is 6.56. The first kappa shape index (κ1) is 20.5. The normalized spacial score (nSPS) is 10.4. The number of ether oxygens (including phenoxy) is 1. The molecule has 3 rings (SSSR count). The van der Waals surface area contributed by atoms with E-state index in [1.54, 1.807) is 17.8 Å². The van der Waals surface area contributed by atoms with Crippen LogP contribution in [0, 0.1) is 0 Å². The first-order chi connectivity index (χ1) is 14.0. The van der Waals surface area contributed by atoms with E-state index in [4.69, 9.17) is 4.74 Å². The molecule has 0 saturated heterocycles. The summed E-state index contributed by atoms with van der Waals surface area (Å²) in [5, 5.41) is 5.34. The summed E-state index contributed by atoms with van der Waals surface area (Å²) in [6.45, 7) is 0.0683. The molecule has 0 bridgehead atoms. The maximum atomic E-state index is 12.0. The highest BCUT2D eigenvalue weighted by molar-refractivity contribution is 7.13. The second kappa shape index (κ2) is 9.79. The molecule has 8 heteroatoms. The number of nitrogens with one attached hydrogen (secondary N) is 1. The molecule has 1 aromatic carbocycles. The third-order valence-electron chi connectivity index (χ3n) is 4.09. The van der Waals surface area contributed by atoms with E-state index in [-0.39, 0.29) is 18.9 Å². The molecule has 0 unspecified atom stereocenters. The number of pyridine rings is 1. The molecule has 29 heavy (non-hydrogen) atoms. The van der Waals surface area contributed by atoms with Crippen LogP contribution in [0.1, 0.15) is 11.3 Å². The fourth-order valence-corrected chi connectivity index (χ4v) is 3.33. The highest BCUT2D eigenvalue weighted by Crippen LogP contribution is 2.22. The fraction of sp³-hybridized carbons (Fsp3) is 0.238. The van der Waals surface area contributed by atoms with Crippen LogP contribution in [0.5, 0.6) is 0 Å². The summed E-state index contributed by atoms with van der Waals surface area (Å²) in [4.78, 5) is 34.4. The number of aromatic nitrogens is 2. The molecule has 150 valence electrons. The van der Waals surface area contributed by atoms with Crippen LogP contribution in [0.25, 0.3) is 10.6 Å². The largest absolute Gasteiger partial charge is 0.455 e. The molecule has 0 spiro atoms. The highest BCUT2D eigenvalue weighted by atomic mass is 32.1. The number of esters is 1. The molecule has 2 heterocycles. The van der Waals surface area contributed by atoms with Crippen LogP contribution < -0.4 is 10.2 Å². The number of carbonyl (C=O) groups excluding carboxylic acids is 2. The van der Waals surface area contributed by atoms with Gasteiger partial charge in [0, 0.05) is 49.7 Å². The van der Waals surface area contributed by atoms with Crippen molar-refractivity contribution in [3.8, 4) is 10.6 Å². The van der Waals surface area contributed by atoms with Crippen molar-refractivity contribution in [3.05, 3.63) is 65.4 Å². The number of benzene rings is 1. The lowest BCUT2D eigenvalue weighted by atomic mass is 10.2. The Labute approximate surface area is 173 Å². The minimum atomic E-state index is -0.487. The molecule has 3 aromatic rings. The number of hydrogen-bond donors (Lipinski definition) is 1. The first-order valence-electron chi connectivity index (χ1n) is 9.04. The summed E-state index contributed by atoms with van der Waals surface area (Å²) < 4.78 is 5.06. The zero-order valence-corrected chi connectivity index (χ0v) is 17.1. The van der Waals surface area contributed by atoms with Crippen molar-refractivity contribution >= 4 is 28.9 Å². The van der Waals surface area contributed by atoms with Gasteiger partial charge in [-0.3, -0.25) is 14.6 Å². The molecule has 0 saturated carbocycles. The monoisotopic (exact) mass is 410 g/mol. The highest BCUT2D eigenvalue weighted by Gasteiger charge is 2.12. The van der Waals surface area contributed by atoms with Crippen LogP contribution in [0.15, 0.2) is 54.2 Å². The lowest BCUT2D eigenvalue weighted by molar-refractivity contribution is -0.147. The topological polar surface area (TPSA) is 84.4 Å². The van der Waals surface area contributed by atoms with Gasteiger partial charge >= 0.3 is 5.97 Å². The van der Waals surface area contributed by atoms with Gasteiger partial charge in [0.25, 0.3) is 5.91 Å². The average Bonchev–Trinajstić information content (AvgIpc) is 3.20. The lowest BCUT2D eigenvalue weighted by Gasteiger charge is -2.13. The Balaban J connectivity index is 1.41. The third kappa shape index (κ3) is 6.11. The maximum Gasteiger partial charge on any atom is 0.312 e. The summed E-state index contributed by atoms with van der Waals surface area (Å²) in [5.41, 5.74) is 3.57. The van der Waals surface area contributed by atoms with Crippen molar-refractivity contribution in [1.29, 1.82) is 0 Å². The van der Waals surface area contributed by atoms with Gasteiger partial charge in [-0.25, -0.2) is 4.98 Å². The van der Waals surface area contributed by atoms with Gasteiger partial charge in [0.05, 0.1) is 12.1 Å². The molecule has 0 aliphatic heterocycles. The summed E-state index contributed by atoms with van der Waals surface area (Å²) in [5.74, 6) is -0.831. The standard InChI is InChI=1S/C21H22N4O3S/c1-25(2)18-7-5-15(6-8-18)11-23-19(26)13-28-20(27)10-17-14-29-21(24-17)16-4-3-9-22-12-16/h3-9,12,14H,10-11,13H2,1-2H3,(H,23,26). The predicted octanol–water partition coefficient (Wildman–Crippen LogP) is 2.67. The molecule has 0 fully saturated rings. The number of amides is 1. The molecular formula is C21H22N4O3S. The zero-order valence-electron chi connectivity index (χ0n) is 16.3. The van der Waals surface area contributed by atoms with E-state index >= 15 is 0 Å². The maximum absolute atomic E-state index is 12.0. The summed E-state index contributed by atoms with van der Waals surface area (Å²) in [7, 11) is 3.94. The number of thiazole rings is 1. The Hall–Kier alpha value is -3.26. The fourth-order valence-electron chi connectivity index (χ4n) is 2.52. The van der Waals surface area contributed by atoms with Crippen LogP contribution in [0.2, 0.25) is 0 Å². The van der Waals surface area contributed by atoms with E-state index in [0.29, 0.717) is 12.2 Å². The Morgan fingerprint density at radius 2 is 1.97 bits per heavy atom. The number of nitrogens with zero attached hydrogens (tertiary/aromatic N) is 3. The second-order valence-corrected chi connectivity index (χ2v) is 7.42. The predicted molar refractivity (Wildman–Crippen MR) is 113 cm³/mol. The van der Waals surface area contributed by atoms with Gasteiger partial charge in [-0.2, -0.15) is 0 Å². The molecule has 0 aliphatic carbocycles. The van der Waals surface area contributed by atoms with Gasteiger partial charge in [0.1, 0.15) is 5.01 Å². The van der Waals surface area contributed by atoms with Crippen molar-refractivity contribution < 1.29 is 14.3 Å². The minimum absolute atomic E-state index is 0.0238. The quantitative estimate of drug-likeness (QED) is 0.575. The van der Waals surface area contributed by atoms with E-state index in [9.17, 15) is 9.59 Å². The van der Waals surface area contributed by atoms with Gasteiger partial charge in [-0.15, -0.1) is 11.3 Å². The summed E-state index contributed by atoms with van der Waals surface area (Å²) in [6.07, 6.45) is 3.44. The molecule has 1 N–H and O–H groups in total. The van der Waals surface area contributed by atoms with Gasteiger partial charge in [-0.05, 0) is 29.8 Å². The Morgan fingerprint density at radius 3 is 2.66 bits per heavy atom. The molecule has 2 aromatic heterocycles. The lowest BCUT2D eigenvalue weighted by Crippen LogP contribution is -2.28. The number of hydrogen-bond acceptors (Lipinski definition) is 7. The van der Waals surface area contributed by atoms with Crippen molar-refractivity contribution in [2.45, 2.75) is 13.0 Å². The van der Waals surface area contributed by atoms with Crippen LogP contribution in [-0.2, 0) is 27.3 Å². The molecule has 0 radical (unpaired) electrons. The van der Waals surface area contributed by atoms with E-state index in [0.717, 1.165) is 21.8 Å². The van der Waals surface area contributed by atoms with Crippen LogP contribution >= 0.6 is 11.3 Å². The SMILES string of the molecule is CN(C)c1ccc(CNC(=O)COC(=O)Cc2csc(-c3cccnc3)n2)cc1. The zero-order chi connectivity index (χ0) is 20.6. The van der Waals surface area contributed by atoms with E-state index in [2.05, 4.69) is 15.3 Å². The summed E-state index contributed by atoms with van der Waals surface area (Å²) >= 11 is 1.44. The van der Waals surface area contributed by atoms with Crippen molar-refractivity contribution in [1.82, 2.24) is 15.3 Å². The Morgan fingerprint density at radius 1 is 1.17 bits per heavy atom. The Bertz CT molecular complexity index is 956. The van der Waals surface area contributed by atoms with Crippen LogP contribution in [-0.4, -0.2) is 42.5 Å². The molecule has 0 aliphatic rings. The van der Waals surface area contributed by atoms with Crippen molar-refractivity contribution in [2.24, 2.45) is 0 Å². The first-order valence-corrected chi connectivity index (χ1v) is 9.92. The molecule has 1 amide bonds. The van der Waals surface area contributed by atoms with Gasteiger partial charge in [0.15, 0.2) is 6.61 Å². The number of carbonyl (C=O) groups is 2. The van der Waals surface area contributed by atoms with Crippen LogP contribution in [0.3, 0.4) is 0 Å². The smallest absolute Gasteiger partial charge is 0.312 e. The Kier molecular flexibility index (Phi) is 6.91. The van der Waals surface area contributed by atoms with Gasteiger partial charge in [0.2, 0.25) is 0 Å². The molecule has 0 atom stereocenters. The number of rotatable bonds is 8. The van der Waals surface area contributed by atoms with E-state index in [1.165, 1.54) is 11.3 Å². The third-order valence-corrected chi connectivity index (χ3v) is 5.03. The molecule has 7 nitrogen and oxygen atoms in total. The summed E-state index contributed by atoms with van der Waals surface area (Å²) in [6, 6.07) is 11.6. The minimum Gasteiger partial charge on any atom is -0.455 e. The average molecular weight is 410 g/mol. The van der Waals surface area contributed by atoms with Gasteiger partial charge < -0.3 is 15.0 Å². The van der Waals surface area contributed by atoms with Crippen LogP contribution in [0.4, 0.5) is 5.69 Å². The van der Waals surface area contributed by atoms with E-state index in [1.807, 2.05) is 55.4 Å². The van der Waals surface area contributed by atoms with Crippen molar-refractivity contribution in [2.75, 3.05) is 25.6 Å². The number of anilines is 1. The van der Waals surface area contributed by atoms with Gasteiger partial charge in [-0.1, -0.05) is 12.1 Å².